The van der Waals surface area contributed by atoms with Gasteiger partial charge in [-0.25, -0.2) is 0 Å². The zero-order valence-electron chi connectivity index (χ0n) is 19.4. The van der Waals surface area contributed by atoms with Crippen molar-refractivity contribution >= 4 is 11.9 Å². The molecule has 4 nitrogen and oxygen atoms in total. The van der Waals surface area contributed by atoms with E-state index in [9.17, 15) is 9.59 Å². The third kappa shape index (κ3) is 21.2. The number of rotatable bonds is 20. The number of ether oxygens (including phenoxy) is 2. The van der Waals surface area contributed by atoms with Gasteiger partial charge in [-0.1, -0.05) is 70.9 Å². The summed E-state index contributed by atoms with van der Waals surface area (Å²) in [5.41, 5.74) is 0. The SMILES string of the molecule is CCCCC/C=C/CCCOC(=O)CCCC(=O)OC(C)CCCCCCCC. The molecule has 0 fully saturated rings. The number of allylic oxidation sites excluding steroid dienone is 2. The van der Waals surface area contributed by atoms with Gasteiger partial charge >= 0.3 is 11.9 Å². The van der Waals surface area contributed by atoms with Crippen LogP contribution < -0.4 is 0 Å². The van der Waals surface area contributed by atoms with Crippen molar-refractivity contribution in [2.75, 3.05) is 6.61 Å². The lowest BCUT2D eigenvalue weighted by Crippen LogP contribution is -2.15. The average Bonchev–Trinajstić information content (AvgIpc) is 2.69. The maximum atomic E-state index is 11.9. The van der Waals surface area contributed by atoms with E-state index in [1.807, 2.05) is 6.92 Å². The van der Waals surface area contributed by atoms with Gasteiger partial charge in [0.15, 0.2) is 0 Å². The minimum atomic E-state index is -0.218. The number of unbranched alkanes of at least 4 members (excludes halogenated alkanes) is 9. The van der Waals surface area contributed by atoms with E-state index in [2.05, 4.69) is 26.0 Å². The van der Waals surface area contributed by atoms with Crippen molar-refractivity contribution < 1.29 is 19.1 Å². The Balaban J connectivity index is 3.52. The number of esters is 2. The summed E-state index contributed by atoms with van der Waals surface area (Å²) in [4.78, 5) is 23.6. The highest BCUT2D eigenvalue weighted by atomic mass is 16.5. The minimum Gasteiger partial charge on any atom is -0.466 e. The fourth-order valence-electron chi connectivity index (χ4n) is 3.14. The third-order valence-electron chi connectivity index (χ3n) is 4.98. The Morgan fingerprint density at radius 3 is 2.03 bits per heavy atom. The summed E-state index contributed by atoms with van der Waals surface area (Å²) in [6, 6.07) is 0. The van der Waals surface area contributed by atoms with Crippen LogP contribution in [0.25, 0.3) is 0 Å². The molecule has 0 heterocycles. The largest absolute Gasteiger partial charge is 0.466 e. The molecule has 0 aliphatic rings. The second-order valence-corrected chi connectivity index (χ2v) is 8.04. The van der Waals surface area contributed by atoms with E-state index < -0.39 is 0 Å². The van der Waals surface area contributed by atoms with Gasteiger partial charge in [-0.15, -0.1) is 0 Å². The van der Waals surface area contributed by atoms with Gasteiger partial charge in [0.25, 0.3) is 0 Å². The molecule has 0 aliphatic carbocycles. The van der Waals surface area contributed by atoms with Crippen molar-refractivity contribution in [1.29, 1.82) is 0 Å². The smallest absolute Gasteiger partial charge is 0.306 e. The van der Waals surface area contributed by atoms with E-state index in [0.29, 0.717) is 13.0 Å². The summed E-state index contributed by atoms with van der Waals surface area (Å²) < 4.78 is 10.6. The number of carbonyl (C=O) groups excluding carboxylic acids is 2. The first kappa shape index (κ1) is 27.7. The van der Waals surface area contributed by atoms with Gasteiger partial charge in [-0.3, -0.25) is 9.59 Å². The highest BCUT2D eigenvalue weighted by Gasteiger charge is 2.11. The monoisotopic (exact) mass is 410 g/mol. The van der Waals surface area contributed by atoms with Crippen LogP contribution in [0.1, 0.15) is 124 Å². The molecule has 0 aliphatic heterocycles. The van der Waals surface area contributed by atoms with E-state index >= 15 is 0 Å². The fourth-order valence-corrected chi connectivity index (χ4v) is 3.14. The Bertz CT molecular complexity index is 417. The average molecular weight is 411 g/mol. The molecule has 0 aromatic rings. The fraction of sp³-hybridized carbons (Fsp3) is 0.840. The molecule has 1 unspecified atom stereocenters. The molecule has 0 N–H and O–H groups in total. The predicted molar refractivity (Wildman–Crippen MR) is 121 cm³/mol. The van der Waals surface area contributed by atoms with Crippen molar-refractivity contribution in [1.82, 2.24) is 0 Å². The van der Waals surface area contributed by atoms with Crippen LogP contribution in [0.3, 0.4) is 0 Å². The Morgan fingerprint density at radius 1 is 0.724 bits per heavy atom. The molecule has 1 atom stereocenters. The van der Waals surface area contributed by atoms with Gasteiger partial charge in [0, 0.05) is 12.8 Å². The zero-order chi connectivity index (χ0) is 21.6. The van der Waals surface area contributed by atoms with E-state index in [1.54, 1.807) is 0 Å². The molecule has 29 heavy (non-hydrogen) atoms. The first-order valence-corrected chi connectivity index (χ1v) is 12.1. The van der Waals surface area contributed by atoms with Crippen molar-refractivity contribution in [3.8, 4) is 0 Å². The van der Waals surface area contributed by atoms with Gasteiger partial charge in [0.1, 0.15) is 0 Å². The van der Waals surface area contributed by atoms with Crippen LogP contribution in [0.5, 0.6) is 0 Å². The minimum absolute atomic E-state index is 0.0318. The molecule has 0 aromatic carbocycles. The topological polar surface area (TPSA) is 52.6 Å². The number of hydrogen-bond donors (Lipinski definition) is 0. The summed E-state index contributed by atoms with van der Waals surface area (Å²) in [6.45, 7) is 6.84. The standard InChI is InChI=1S/C25H46O4/c1-4-6-8-10-12-13-15-17-22-28-24(26)20-18-21-25(27)29-23(3)19-16-14-11-9-7-5-2/h12-13,23H,4-11,14-22H2,1-3H3/b13-12+. The molecule has 0 aromatic heterocycles. The van der Waals surface area contributed by atoms with E-state index in [1.165, 1.54) is 51.4 Å². The summed E-state index contributed by atoms with van der Waals surface area (Å²) >= 11 is 0. The zero-order valence-corrected chi connectivity index (χ0v) is 19.4. The molecular weight excluding hydrogens is 364 g/mol. The lowest BCUT2D eigenvalue weighted by molar-refractivity contribution is -0.149. The molecule has 0 radical (unpaired) electrons. The van der Waals surface area contributed by atoms with Crippen molar-refractivity contribution in [3.05, 3.63) is 12.2 Å². The van der Waals surface area contributed by atoms with Gasteiger partial charge in [0.05, 0.1) is 12.7 Å². The van der Waals surface area contributed by atoms with Gasteiger partial charge < -0.3 is 9.47 Å². The molecule has 4 heteroatoms. The molecular formula is C25H46O4. The molecule has 0 saturated carbocycles. The van der Waals surface area contributed by atoms with Crippen LogP contribution in [0.15, 0.2) is 12.2 Å². The van der Waals surface area contributed by atoms with E-state index in [-0.39, 0.29) is 30.9 Å². The number of carbonyl (C=O) groups is 2. The Hall–Kier alpha value is -1.32. The first-order chi connectivity index (χ1) is 14.1. The molecule has 0 bridgehead atoms. The molecule has 0 amide bonds. The second-order valence-electron chi connectivity index (χ2n) is 8.04. The van der Waals surface area contributed by atoms with Crippen LogP contribution in [0, 0.1) is 0 Å². The summed E-state index contributed by atoms with van der Waals surface area (Å²) in [5, 5.41) is 0. The van der Waals surface area contributed by atoms with Gasteiger partial charge in [-0.2, -0.15) is 0 Å². The quantitative estimate of drug-likeness (QED) is 0.120. The van der Waals surface area contributed by atoms with E-state index in [4.69, 9.17) is 9.47 Å². The van der Waals surface area contributed by atoms with Crippen molar-refractivity contribution in [2.24, 2.45) is 0 Å². The normalized spacial score (nSPS) is 12.2. The Labute approximate surface area is 179 Å². The second kappa shape index (κ2) is 21.4. The highest BCUT2D eigenvalue weighted by Crippen LogP contribution is 2.11. The van der Waals surface area contributed by atoms with Crippen molar-refractivity contribution in [2.45, 2.75) is 130 Å². The van der Waals surface area contributed by atoms with Gasteiger partial charge in [-0.05, 0) is 51.9 Å². The lowest BCUT2D eigenvalue weighted by atomic mass is 10.1. The summed E-state index contributed by atoms with van der Waals surface area (Å²) in [7, 11) is 0. The van der Waals surface area contributed by atoms with E-state index in [0.717, 1.165) is 32.1 Å². The van der Waals surface area contributed by atoms with Crippen LogP contribution in [0.2, 0.25) is 0 Å². The molecule has 0 saturated heterocycles. The first-order valence-electron chi connectivity index (χ1n) is 12.1. The maximum Gasteiger partial charge on any atom is 0.306 e. The Kier molecular flexibility index (Phi) is 20.4. The maximum absolute atomic E-state index is 11.9. The lowest BCUT2D eigenvalue weighted by Gasteiger charge is -2.13. The highest BCUT2D eigenvalue weighted by molar-refractivity contribution is 5.72. The predicted octanol–water partition coefficient (Wildman–Crippen LogP) is 7.30. The van der Waals surface area contributed by atoms with Crippen LogP contribution >= 0.6 is 0 Å². The van der Waals surface area contributed by atoms with Crippen LogP contribution in [0.4, 0.5) is 0 Å². The molecule has 0 rings (SSSR count). The summed E-state index contributed by atoms with van der Waals surface area (Å²) in [6.07, 6.45) is 20.5. The molecule has 170 valence electrons. The number of hydrogen-bond acceptors (Lipinski definition) is 4. The third-order valence-corrected chi connectivity index (χ3v) is 4.98. The van der Waals surface area contributed by atoms with Crippen LogP contribution in [-0.4, -0.2) is 24.6 Å². The summed E-state index contributed by atoms with van der Waals surface area (Å²) in [5.74, 6) is -0.422. The van der Waals surface area contributed by atoms with Crippen LogP contribution in [-0.2, 0) is 19.1 Å². The molecule has 0 spiro atoms. The Morgan fingerprint density at radius 2 is 1.31 bits per heavy atom. The van der Waals surface area contributed by atoms with Crippen molar-refractivity contribution in [3.63, 3.8) is 0 Å². The van der Waals surface area contributed by atoms with Gasteiger partial charge in [0.2, 0.25) is 0 Å².